The molecule has 3 aromatic rings. The fourth-order valence-electron chi connectivity index (χ4n) is 2.89. The third-order valence-corrected chi connectivity index (χ3v) is 4.57. The molecule has 0 aliphatic rings. The Morgan fingerprint density at radius 3 is 2.61 bits per heavy atom. The largest absolute Gasteiger partial charge is 0.345 e. The van der Waals surface area contributed by atoms with Gasteiger partial charge in [-0.15, -0.1) is 0 Å². The monoisotopic (exact) mass is 402 g/mol. The van der Waals surface area contributed by atoms with E-state index in [0.717, 1.165) is 17.3 Å². The zero-order valence-corrected chi connectivity index (χ0v) is 15.8. The molecule has 0 spiro atoms. The minimum atomic E-state index is -0.650. The molecule has 0 bridgehead atoms. The molecule has 0 fully saturated rings. The van der Waals surface area contributed by atoms with Crippen LogP contribution in [-0.2, 0) is 0 Å². The summed E-state index contributed by atoms with van der Waals surface area (Å²) < 4.78 is 14.7. The zero-order valence-electron chi connectivity index (χ0n) is 15.0. The van der Waals surface area contributed by atoms with Crippen LogP contribution in [-0.4, -0.2) is 20.6 Å². The van der Waals surface area contributed by atoms with Crippen molar-refractivity contribution in [2.45, 2.75) is 19.9 Å². The van der Waals surface area contributed by atoms with Crippen molar-refractivity contribution in [3.05, 3.63) is 86.4 Å². The normalized spacial score (nSPS) is 11.9. The molecule has 1 unspecified atom stereocenters. The number of nitrogens with zero attached hydrogens (tertiary/aromatic N) is 3. The first kappa shape index (κ1) is 19.5. The molecule has 1 aromatic heterocycles. The van der Waals surface area contributed by atoms with Crippen molar-refractivity contribution in [1.29, 1.82) is 0 Å². The highest BCUT2D eigenvalue weighted by molar-refractivity contribution is 6.31. The van der Waals surface area contributed by atoms with Gasteiger partial charge in [-0.1, -0.05) is 11.6 Å². The van der Waals surface area contributed by atoms with Gasteiger partial charge in [0.15, 0.2) is 0 Å². The van der Waals surface area contributed by atoms with Gasteiger partial charge in [-0.2, -0.15) is 5.10 Å². The fourth-order valence-corrected chi connectivity index (χ4v) is 3.06. The Bertz CT molecular complexity index is 1050. The van der Waals surface area contributed by atoms with E-state index in [-0.39, 0.29) is 22.1 Å². The van der Waals surface area contributed by atoms with Crippen molar-refractivity contribution in [2.24, 2.45) is 0 Å². The lowest BCUT2D eigenvalue weighted by Gasteiger charge is -2.14. The van der Waals surface area contributed by atoms with Gasteiger partial charge >= 0.3 is 0 Å². The summed E-state index contributed by atoms with van der Waals surface area (Å²) >= 11 is 5.79. The van der Waals surface area contributed by atoms with Gasteiger partial charge in [-0.3, -0.25) is 14.9 Å². The van der Waals surface area contributed by atoms with Gasteiger partial charge in [0, 0.05) is 22.3 Å². The summed E-state index contributed by atoms with van der Waals surface area (Å²) in [7, 11) is 0. The first-order valence-electron chi connectivity index (χ1n) is 8.33. The number of rotatable bonds is 5. The average molecular weight is 403 g/mol. The molecule has 28 heavy (non-hydrogen) atoms. The van der Waals surface area contributed by atoms with E-state index in [1.807, 2.05) is 6.92 Å². The van der Waals surface area contributed by atoms with Crippen molar-refractivity contribution < 1.29 is 14.1 Å². The van der Waals surface area contributed by atoms with Crippen LogP contribution in [0.1, 0.15) is 34.6 Å². The van der Waals surface area contributed by atoms with Crippen LogP contribution in [0, 0.1) is 22.9 Å². The topological polar surface area (TPSA) is 90.1 Å². The van der Waals surface area contributed by atoms with Crippen LogP contribution >= 0.6 is 11.6 Å². The number of nitrogens with one attached hydrogen (secondary N) is 1. The Balaban J connectivity index is 1.84. The van der Waals surface area contributed by atoms with Crippen LogP contribution in [0.25, 0.3) is 5.69 Å². The van der Waals surface area contributed by atoms with Crippen LogP contribution in [0.4, 0.5) is 10.1 Å². The van der Waals surface area contributed by atoms with Crippen molar-refractivity contribution >= 4 is 23.2 Å². The lowest BCUT2D eigenvalue weighted by molar-refractivity contribution is -0.385. The summed E-state index contributed by atoms with van der Waals surface area (Å²) in [6.07, 6.45) is 1.60. The van der Waals surface area contributed by atoms with E-state index in [1.54, 1.807) is 29.9 Å². The molecule has 0 saturated heterocycles. The van der Waals surface area contributed by atoms with Gasteiger partial charge in [-0.05, 0) is 50.2 Å². The van der Waals surface area contributed by atoms with E-state index in [4.69, 9.17) is 11.6 Å². The quantitative estimate of drug-likeness (QED) is 0.506. The second-order valence-electron chi connectivity index (χ2n) is 6.19. The number of carbonyl (C=O) groups excluding carboxylic acids is 1. The summed E-state index contributed by atoms with van der Waals surface area (Å²) in [6, 6.07) is 9.28. The van der Waals surface area contributed by atoms with E-state index in [9.17, 15) is 19.3 Å². The summed E-state index contributed by atoms with van der Waals surface area (Å²) in [5.74, 6) is -0.941. The molecular formula is C19H16ClFN4O3. The number of nitro benzene ring substituents is 1. The maximum Gasteiger partial charge on any atom is 0.283 e. The smallest absolute Gasteiger partial charge is 0.283 e. The Morgan fingerprint density at radius 2 is 1.96 bits per heavy atom. The van der Waals surface area contributed by atoms with Crippen LogP contribution < -0.4 is 5.32 Å². The van der Waals surface area contributed by atoms with E-state index in [0.29, 0.717) is 5.69 Å². The summed E-state index contributed by atoms with van der Waals surface area (Å²) in [4.78, 5) is 23.1. The number of halogens is 2. The van der Waals surface area contributed by atoms with Crippen molar-refractivity contribution in [3.63, 3.8) is 0 Å². The molecule has 1 heterocycles. The molecule has 144 valence electrons. The first-order chi connectivity index (χ1) is 13.3. The molecule has 2 aromatic carbocycles. The van der Waals surface area contributed by atoms with E-state index in [1.165, 1.54) is 24.3 Å². The first-order valence-corrected chi connectivity index (χ1v) is 8.71. The Hall–Kier alpha value is -3.26. The highest BCUT2D eigenvalue weighted by Gasteiger charge is 2.23. The molecular weight excluding hydrogens is 387 g/mol. The molecule has 7 nitrogen and oxygen atoms in total. The predicted octanol–water partition coefficient (Wildman–Crippen LogP) is 4.37. The van der Waals surface area contributed by atoms with Crippen LogP contribution in [0.3, 0.4) is 0 Å². The second kappa shape index (κ2) is 7.77. The van der Waals surface area contributed by atoms with Gasteiger partial charge < -0.3 is 5.32 Å². The molecule has 0 aliphatic carbocycles. The third-order valence-electron chi connectivity index (χ3n) is 4.33. The number of benzene rings is 2. The second-order valence-corrected chi connectivity index (χ2v) is 6.62. The number of aromatic nitrogens is 2. The molecule has 9 heteroatoms. The Labute approximate surface area is 164 Å². The standard InChI is InChI=1S/C19H16ClFN4O3/c1-11(23-19(26)16-8-3-13(20)9-18(16)25(27)28)17-10-22-24(12(17)2)15-6-4-14(21)5-7-15/h3-11H,1-2H3,(H,23,26). The van der Waals surface area contributed by atoms with Gasteiger partial charge in [0.05, 0.1) is 22.8 Å². The van der Waals surface area contributed by atoms with Gasteiger partial charge in [0.1, 0.15) is 11.4 Å². The highest BCUT2D eigenvalue weighted by Crippen LogP contribution is 2.25. The maximum atomic E-state index is 13.1. The van der Waals surface area contributed by atoms with E-state index >= 15 is 0 Å². The lowest BCUT2D eigenvalue weighted by Crippen LogP contribution is -2.27. The SMILES string of the molecule is Cc1c(C(C)NC(=O)c2ccc(Cl)cc2[N+](=O)[O-])cnn1-c1ccc(F)cc1. The number of hydrogen-bond donors (Lipinski definition) is 1. The van der Waals surface area contributed by atoms with Crippen LogP contribution in [0.5, 0.6) is 0 Å². The van der Waals surface area contributed by atoms with Crippen molar-refractivity contribution in [3.8, 4) is 5.69 Å². The Kier molecular flexibility index (Phi) is 5.41. The predicted molar refractivity (Wildman–Crippen MR) is 102 cm³/mol. The van der Waals surface area contributed by atoms with Gasteiger partial charge in [0.25, 0.3) is 11.6 Å². The molecule has 1 atom stereocenters. The van der Waals surface area contributed by atoms with Crippen LogP contribution in [0.2, 0.25) is 5.02 Å². The number of amides is 1. The van der Waals surface area contributed by atoms with Gasteiger partial charge in [-0.25, -0.2) is 9.07 Å². The van der Waals surface area contributed by atoms with Crippen molar-refractivity contribution in [2.75, 3.05) is 0 Å². The molecule has 0 saturated carbocycles. The third kappa shape index (κ3) is 3.86. The zero-order chi connectivity index (χ0) is 20.4. The lowest BCUT2D eigenvalue weighted by atomic mass is 10.1. The number of carbonyl (C=O) groups is 1. The summed E-state index contributed by atoms with van der Waals surface area (Å²) in [5.41, 5.74) is 1.72. The number of nitro groups is 1. The summed E-state index contributed by atoms with van der Waals surface area (Å²) in [5, 5.41) is 18.4. The Morgan fingerprint density at radius 1 is 1.29 bits per heavy atom. The van der Waals surface area contributed by atoms with E-state index < -0.39 is 16.9 Å². The number of hydrogen-bond acceptors (Lipinski definition) is 4. The van der Waals surface area contributed by atoms with Crippen LogP contribution in [0.15, 0.2) is 48.7 Å². The fraction of sp³-hybridized carbons (Fsp3) is 0.158. The maximum absolute atomic E-state index is 13.1. The molecule has 1 N–H and O–H groups in total. The van der Waals surface area contributed by atoms with Crippen molar-refractivity contribution in [1.82, 2.24) is 15.1 Å². The highest BCUT2D eigenvalue weighted by atomic mass is 35.5. The minimum Gasteiger partial charge on any atom is -0.345 e. The summed E-state index contributed by atoms with van der Waals surface area (Å²) in [6.45, 7) is 3.57. The molecule has 3 rings (SSSR count). The minimum absolute atomic E-state index is 0.0789. The van der Waals surface area contributed by atoms with E-state index in [2.05, 4.69) is 10.4 Å². The molecule has 0 radical (unpaired) electrons. The molecule has 0 aliphatic heterocycles. The average Bonchev–Trinajstić information content (AvgIpc) is 3.03. The molecule has 1 amide bonds. The van der Waals surface area contributed by atoms with Gasteiger partial charge in [0.2, 0.25) is 0 Å².